The van der Waals surface area contributed by atoms with Gasteiger partial charge in [-0.25, -0.2) is 9.63 Å². The van der Waals surface area contributed by atoms with Gasteiger partial charge < -0.3 is 96.3 Å². The molecule has 0 saturated carbocycles. The summed E-state index contributed by atoms with van der Waals surface area (Å²) in [6.07, 6.45) is -0.380. The number of aliphatic hydroxyl groups excluding tert-OH is 1. The lowest BCUT2D eigenvalue weighted by atomic mass is 10.0. The highest BCUT2D eigenvalue weighted by atomic mass is 16.5. The molecule has 0 bridgehead atoms. The third kappa shape index (κ3) is 20.8. The predicted octanol–water partition coefficient (Wildman–Crippen LogP) is -7.86. The zero-order valence-corrected chi connectivity index (χ0v) is 51.0. The Morgan fingerprint density at radius 3 is 2.11 bits per heavy atom. The van der Waals surface area contributed by atoms with Crippen molar-refractivity contribution in [2.24, 2.45) is 27.9 Å². The van der Waals surface area contributed by atoms with Crippen LogP contribution in [-0.4, -0.2) is 220 Å². The summed E-state index contributed by atoms with van der Waals surface area (Å²) in [4.78, 5) is 188. The third-order valence-corrected chi connectivity index (χ3v) is 15.0. The van der Waals surface area contributed by atoms with Crippen LogP contribution in [0.4, 0.5) is 11.5 Å². The number of likely N-dealkylation sites (tertiary alicyclic amines) is 1. The van der Waals surface area contributed by atoms with Gasteiger partial charge in [0.05, 0.1) is 38.7 Å². The van der Waals surface area contributed by atoms with E-state index in [9.17, 15) is 87.7 Å². The Labute approximate surface area is 526 Å². The largest absolute Gasteiger partial charge is 0.504 e. The fourth-order valence-electron chi connectivity index (χ4n) is 9.99. The van der Waals surface area contributed by atoms with E-state index in [1.54, 1.807) is 7.05 Å². The maximum absolute atomic E-state index is 14.1. The number of hydroxylamine groups is 2. The fraction of sp³-hybridized carbons (Fsp3) is 0.564. The maximum atomic E-state index is 14.1. The summed E-state index contributed by atoms with van der Waals surface area (Å²) in [6.45, 7) is 0.730. The fourth-order valence-corrected chi connectivity index (χ4v) is 9.99. The van der Waals surface area contributed by atoms with E-state index in [1.807, 2.05) is 0 Å². The molecule has 0 spiro atoms. The number of nitrogens with zero attached hydrogens (tertiary/aromatic N) is 4. The van der Waals surface area contributed by atoms with Gasteiger partial charge in [0.25, 0.3) is 17.6 Å². The monoisotopic (exact) mass is 1300 g/mol. The first-order chi connectivity index (χ1) is 43.5. The zero-order chi connectivity index (χ0) is 68.1. The molecule has 4 heterocycles. The molecule has 14 amide bonds. The Morgan fingerprint density at radius 2 is 1.43 bits per heavy atom. The van der Waals surface area contributed by atoms with Crippen LogP contribution in [0.2, 0.25) is 0 Å². The van der Waals surface area contributed by atoms with Gasteiger partial charge in [-0.1, -0.05) is 0 Å². The van der Waals surface area contributed by atoms with Crippen LogP contribution in [0.5, 0.6) is 11.5 Å². The second kappa shape index (κ2) is 34.2. The Hall–Kier alpha value is -10.0. The minimum absolute atomic E-state index is 0.00562. The van der Waals surface area contributed by atoms with Crippen LogP contribution in [0.1, 0.15) is 96.9 Å². The molecule has 1 saturated heterocycles. The number of aliphatic imine (C=N–C) groups is 1. The van der Waals surface area contributed by atoms with Gasteiger partial charge in [-0.15, -0.1) is 0 Å². The minimum Gasteiger partial charge on any atom is -0.504 e. The van der Waals surface area contributed by atoms with Crippen molar-refractivity contribution in [3.63, 3.8) is 0 Å². The SMILES string of the molecule is CC(NC(=O)C(CO)NC(=O)C1CCN=C(C(CCC(N)=O)NC(=O)C(CC(N)=O)N(O)C(=O)CNC(=O)CNC(=O)C(CCCCN)NC(=O)C(C)NC(=O)C2CCNc3c(NC(=O)CCC(N)=O)cc4cc(O)c(O)cc4[n+]32)N1)C(=O)NC1CCCN(C)C1=O. The van der Waals surface area contributed by atoms with Gasteiger partial charge in [0.15, 0.2) is 17.5 Å². The number of aromatic nitrogens is 1. The van der Waals surface area contributed by atoms with Crippen molar-refractivity contribution in [3.8, 4) is 11.5 Å². The smallest absolute Gasteiger partial charge is 0.299 e. The molecule has 1 aromatic carbocycles. The number of nitrogens with one attached hydrogen (secondary N) is 11. The van der Waals surface area contributed by atoms with Gasteiger partial charge in [0.1, 0.15) is 59.3 Å². The molecule has 1 aromatic heterocycles. The number of amidine groups is 1. The summed E-state index contributed by atoms with van der Waals surface area (Å²) in [5.74, 6) is -13.2. The van der Waals surface area contributed by atoms with E-state index in [0.29, 0.717) is 32.2 Å². The van der Waals surface area contributed by atoms with Crippen molar-refractivity contribution in [2.75, 3.05) is 63.6 Å². The van der Waals surface area contributed by atoms with Crippen LogP contribution in [-0.2, 0) is 67.1 Å². The molecule has 9 atom stereocenters. The number of phenolic OH excluding ortho intramolecular Hbond substituents is 2. The van der Waals surface area contributed by atoms with Gasteiger partial charge in [0.2, 0.25) is 70.9 Å². The van der Waals surface area contributed by atoms with Crippen LogP contribution in [0.15, 0.2) is 23.2 Å². The number of benzene rings is 1. The number of hydrogen-bond donors (Lipinski definition) is 19. The van der Waals surface area contributed by atoms with Crippen molar-refractivity contribution < 1.29 is 92.2 Å². The number of hydrogen-bond acceptors (Lipinski definition) is 22. The molecule has 0 aliphatic carbocycles. The van der Waals surface area contributed by atoms with E-state index in [2.05, 4.69) is 63.5 Å². The number of aromatic hydroxyl groups is 2. The molecule has 2 aromatic rings. The second-order valence-corrected chi connectivity index (χ2v) is 22.2. The summed E-state index contributed by atoms with van der Waals surface area (Å²) in [7, 11) is 1.59. The Kier molecular flexibility index (Phi) is 27.1. The van der Waals surface area contributed by atoms with E-state index in [4.69, 9.17) is 22.9 Å². The molecular weight excluding hydrogens is 1210 g/mol. The van der Waals surface area contributed by atoms with E-state index < -0.39 is 175 Å². The standard InChI is InChI=1S/C55H81N19O18/c1-26(49(85)70-32-8-6-18-72(3)55(32)91)64-52(88)34(25-75)71-51(87)31-13-16-60-46(67-31)29(9-10-40(57)78)68-54(90)37(22-42(59)80)74(92)45(83)24-62-44(82)23-63-50(86)30(7-4-5-15-56)69-48(84)27(2)65-53(89)35-14-17-61-47-33(66-43(81)12-11-41(58)79)19-28-20-38(76)39(77)21-36(28)73(35)47/h19-21,26-27,29-32,34-35,37,75,92H,4-18,22-25,56H2,1-3H3,(H18,57,58,59,60,61,62,63,64,65,66,67,68,69,70,71,76,77,78,79,80,81,82,84,85,86,87,88,89,90)/p+1. The number of likely N-dealkylation sites (N-methyl/N-ethyl adjacent to an activating group) is 1. The average molecular weight is 1300 g/mol. The number of carbonyl (C=O) groups is 14. The summed E-state index contributed by atoms with van der Waals surface area (Å²) < 4.78 is 1.46. The molecule has 23 N–H and O–H groups in total. The predicted molar refractivity (Wildman–Crippen MR) is 321 cm³/mol. The lowest BCUT2D eigenvalue weighted by Gasteiger charge is -2.32. The zero-order valence-electron chi connectivity index (χ0n) is 51.0. The van der Waals surface area contributed by atoms with E-state index in [0.717, 1.165) is 0 Å². The van der Waals surface area contributed by atoms with Crippen LogP contribution in [0.3, 0.4) is 0 Å². The molecule has 0 radical (unpaired) electrons. The van der Waals surface area contributed by atoms with Crippen molar-refractivity contribution >= 4 is 111 Å². The lowest BCUT2D eigenvalue weighted by molar-refractivity contribution is -0.674. The molecule has 37 nitrogen and oxygen atoms in total. The van der Waals surface area contributed by atoms with Crippen molar-refractivity contribution in [3.05, 3.63) is 18.2 Å². The number of nitrogens with two attached hydrogens (primary N) is 4. The van der Waals surface area contributed by atoms with Crippen molar-refractivity contribution in [1.82, 2.24) is 57.8 Å². The summed E-state index contributed by atoms with van der Waals surface area (Å²) in [6, 6.07) is -8.04. The number of carbonyl (C=O) groups excluding carboxylic acids is 14. The van der Waals surface area contributed by atoms with Crippen molar-refractivity contribution in [1.29, 1.82) is 0 Å². The van der Waals surface area contributed by atoms with Gasteiger partial charge in [-0.3, -0.25) is 82.6 Å². The molecule has 3 aliphatic heterocycles. The topological polar surface area (TPSA) is 579 Å². The number of phenols is 2. The highest BCUT2D eigenvalue weighted by Gasteiger charge is 2.40. The summed E-state index contributed by atoms with van der Waals surface area (Å²) >= 11 is 0. The number of primary amides is 3. The van der Waals surface area contributed by atoms with Crippen LogP contribution in [0, 0.1) is 0 Å². The molecule has 9 unspecified atom stereocenters. The number of rotatable bonds is 33. The first kappa shape index (κ1) is 72.7. The molecule has 37 heteroatoms. The minimum atomic E-state index is -2.09. The van der Waals surface area contributed by atoms with Gasteiger partial charge in [-0.05, 0) is 77.5 Å². The van der Waals surface area contributed by atoms with Crippen LogP contribution >= 0.6 is 0 Å². The van der Waals surface area contributed by atoms with E-state index in [-0.39, 0.29) is 97.4 Å². The Balaban J connectivity index is 1.17. The lowest BCUT2D eigenvalue weighted by Crippen LogP contribution is -2.61. The van der Waals surface area contributed by atoms with E-state index >= 15 is 0 Å². The number of fused-ring (bicyclic) bond motifs is 3. The Bertz CT molecular complexity index is 3180. The molecular formula is C55H82N19O18+. The summed E-state index contributed by atoms with van der Waals surface area (Å²) in [5, 5.41) is 70.0. The summed E-state index contributed by atoms with van der Waals surface area (Å²) in [5.41, 5.74) is 22.1. The maximum Gasteiger partial charge on any atom is 0.299 e. The van der Waals surface area contributed by atoms with Gasteiger partial charge in [0, 0.05) is 57.3 Å². The molecule has 1 fully saturated rings. The third-order valence-electron chi connectivity index (χ3n) is 15.0. The molecule has 3 aliphatic rings. The van der Waals surface area contributed by atoms with E-state index in [1.165, 1.54) is 41.5 Å². The number of anilines is 2. The quantitative estimate of drug-likeness (QED) is 0.0104. The second-order valence-electron chi connectivity index (χ2n) is 22.2. The number of unbranched alkanes of at least 4 members (excludes halogenated alkanes) is 1. The number of amides is 14. The first-order valence-electron chi connectivity index (χ1n) is 29.6. The highest BCUT2D eigenvalue weighted by Crippen LogP contribution is 2.35. The molecule has 504 valence electrons. The van der Waals surface area contributed by atoms with Gasteiger partial charge in [-0.2, -0.15) is 0 Å². The van der Waals surface area contributed by atoms with Crippen LogP contribution in [0.25, 0.3) is 10.9 Å². The van der Waals surface area contributed by atoms with Crippen LogP contribution < -0.4 is 86.0 Å². The Morgan fingerprint density at radius 1 is 0.739 bits per heavy atom. The number of aliphatic hydroxyl groups is 1. The normalized spacial score (nSPS) is 17.9. The highest BCUT2D eigenvalue weighted by molar-refractivity contribution is 6.01. The first-order valence-corrected chi connectivity index (χ1v) is 29.6. The van der Waals surface area contributed by atoms with Crippen molar-refractivity contribution in [2.45, 2.75) is 145 Å². The average Bonchev–Trinajstić information content (AvgIpc) is 0.753. The van der Waals surface area contributed by atoms with Gasteiger partial charge >= 0.3 is 0 Å². The molecule has 5 rings (SSSR count). The number of piperidine rings is 1. The number of pyridine rings is 1. The molecule has 92 heavy (non-hydrogen) atoms.